The predicted molar refractivity (Wildman–Crippen MR) is 60.2 cm³/mol. The van der Waals surface area contributed by atoms with Crippen LogP contribution in [0.2, 0.25) is 0 Å². The molecule has 0 fully saturated rings. The molecule has 0 unspecified atom stereocenters. The maximum atomic E-state index is 5.50. The fourth-order valence-corrected chi connectivity index (χ4v) is 1.53. The minimum Gasteiger partial charge on any atom is -0.376 e. The van der Waals surface area contributed by atoms with Crippen LogP contribution < -0.4 is 0 Å². The average Bonchev–Trinajstić information content (AvgIpc) is 2.20. The Morgan fingerprint density at radius 1 is 1.29 bits per heavy atom. The van der Waals surface area contributed by atoms with E-state index in [0.717, 1.165) is 5.57 Å². The molecule has 0 aromatic heterocycles. The van der Waals surface area contributed by atoms with Crippen molar-refractivity contribution in [3.63, 3.8) is 0 Å². The molecular formula is C13H18O. The van der Waals surface area contributed by atoms with Crippen LogP contribution in [0, 0.1) is 5.92 Å². The summed E-state index contributed by atoms with van der Waals surface area (Å²) in [7, 11) is 1.75. The van der Waals surface area contributed by atoms with Gasteiger partial charge in [-0.2, -0.15) is 0 Å². The van der Waals surface area contributed by atoms with Crippen molar-refractivity contribution in [3.05, 3.63) is 48.0 Å². The van der Waals surface area contributed by atoms with Crippen LogP contribution in [0.15, 0.2) is 42.5 Å². The first kappa shape index (κ1) is 11.0. The van der Waals surface area contributed by atoms with E-state index in [-0.39, 0.29) is 6.10 Å². The maximum absolute atomic E-state index is 5.50. The summed E-state index contributed by atoms with van der Waals surface area (Å²) in [6.45, 7) is 8.15. The van der Waals surface area contributed by atoms with Crippen LogP contribution in [0.3, 0.4) is 0 Å². The monoisotopic (exact) mass is 190 g/mol. The first-order valence-electron chi connectivity index (χ1n) is 4.90. The minimum absolute atomic E-state index is 0.119. The molecule has 1 heteroatoms. The van der Waals surface area contributed by atoms with Gasteiger partial charge in [-0.1, -0.05) is 49.4 Å². The van der Waals surface area contributed by atoms with Crippen molar-refractivity contribution < 1.29 is 4.74 Å². The van der Waals surface area contributed by atoms with Gasteiger partial charge in [0.05, 0.1) is 6.10 Å². The molecule has 0 bridgehead atoms. The van der Waals surface area contributed by atoms with Gasteiger partial charge in [0.1, 0.15) is 0 Å². The quantitative estimate of drug-likeness (QED) is 0.659. The van der Waals surface area contributed by atoms with E-state index >= 15 is 0 Å². The molecule has 76 valence electrons. The van der Waals surface area contributed by atoms with Gasteiger partial charge >= 0.3 is 0 Å². The van der Waals surface area contributed by atoms with Gasteiger partial charge < -0.3 is 4.74 Å². The smallest absolute Gasteiger partial charge is 0.0883 e. The van der Waals surface area contributed by atoms with E-state index in [9.17, 15) is 0 Å². The molecule has 1 nitrogen and oxygen atoms in total. The Labute approximate surface area is 86.4 Å². The Morgan fingerprint density at radius 3 is 2.29 bits per heavy atom. The van der Waals surface area contributed by atoms with E-state index in [1.54, 1.807) is 7.11 Å². The van der Waals surface area contributed by atoms with E-state index < -0.39 is 0 Å². The number of benzene rings is 1. The standard InChI is InChI=1S/C13H18O/c1-10(2)11(3)13(14-4)12-8-6-5-7-9-12/h5-9,11,13H,1H2,2-4H3/t11-,13-/m0/s1. The summed E-state index contributed by atoms with van der Waals surface area (Å²) in [5, 5.41) is 0. The van der Waals surface area contributed by atoms with Crippen LogP contribution in [0.1, 0.15) is 25.5 Å². The van der Waals surface area contributed by atoms with Gasteiger partial charge in [-0.25, -0.2) is 0 Å². The van der Waals surface area contributed by atoms with Crippen molar-refractivity contribution >= 4 is 0 Å². The lowest BCUT2D eigenvalue weighted by atomic mass is 9.92. The summed E-state index contributed by atoms with van der Waals surface area (Å²) in [6, 6.07) is 10.3. The summed E-state index contributed by atoms with van der Waals surface area (Å²) in [5.74, 6) is 0.349. The summed E-state index contributed by atoms with van der Waals surface area (Å²) >= 11 is 0. The molecule has 0 amide bonds. The fourth-order valence-electron chi connectivity index (χ4n) is 1.53. The molecule has 0 radical (unpaired) electrons. The first-order valence-corrected chi connectivity index (χ1v) is 4.90. The van der Waals surface area contributed by atoms with E-state index in [4.69, 9.17) is 4.74 Å². The second kappa shape index (κ2) is 4.97. The topological polar surface area (TPSA) is 9.23 Å². The second-order valence-corrected chi connectivity index (χ2v) is 3.70. The van der Waals surface area contributed by atoms with Crippen LogP contribution in [0.5, 0.6) is 0 Å². The van der Waals surface area contributed by atoms with Crippen LogP contribution >= 0.6 is 0 Å². The van der Waals surface area contributed by atoms with E-state index in [0.29, 0.717) is 5.92 Å². The third-order valence-corrected chi connectivity index (χ3v) is 2.61. The Balaban J connectivity index is 2.87. The second-order valence-electron chi connectivity index (χ2n) is 3.70. The molecular weight excluding hydrogens is 172 g/mol. The average molecular weight is 190 g/mol. The van der Waals surface area contributed by atoms with Crippen LogP contribution in [0.25, 0.3) is 0 Å². The van der Waals surface area contributed by atoms with Crippen LogP contribution in [-0.2, 0) is 4.74 Å². The van der Waals surface area contributed by atoms with Crippen molar-refractivity contribution in [2.45, 2.75) is 20.0 Å². The highest BCUT2D eigenvalue weighted by Gasteiger charge is 2.18. The molecule has 0 heterocycles. The molecule has 0 saturated carbocycles. The largest absolute Gasteiger partial charge is 0.376 e. The summed E-state index contributed by atoms with van der Waals surface area (Å²) in [6.07, 6.45) is 0.119. The number of hydrogen-bond acceptors (Lipinski definition) is 1. The highest BCUT2D eigenvalue weighted by molar-refractivity contribution is 5.20. The number of ether oxygens (including phenoxy) is 1. The lowest BCUT2D eigenvalue weighted by Crippen LogP contribution is -2.12. The third-order valence-electron chi connectivity index (χ3n) is 2.61. The van der Waals surface area contributed by atoms with E-state index in [2.05, 4.69) is 25.6 Å². The van der Waals surface area contributed by atoms with Gasteiger partial charge in [-0.05, 0) is 12.5 Å². The Bertz CT molecular complexity index is 289. The van der Waals surface area contributed by atoms with Gasteiger partial charge in [-0.15, -0.1) is 0 Å². The van der Waals surface area contributed by atoms with Crippen LogP contribution in [-0.4, -0.2) is 7.11 Å². The molecule has 0 N–H and O–H groups in total. The summed E-state index contributed by atoms with van der Waals surface area (Å²) in [4.78, 5) is 0. The van der Waals surface area contributed by atoms with Gasteiger partial charge in [0.25, 0.3) is 0 Å². The molecule has 1 rings (SSSR count). The van der Waals surface area contributed by atoms with Crippen molar-refractivity contribution in [2.24, 2.45) is 5.92 Å². The minimum atomic E-state index is 0.119. The van der Waals surface area contributed by atoms with E-state index in [1.807, 2.05) is 25.1 Å². The first-order chi connectivity index (χ1) is 6.66. The molecule has 0 spiro atoms. The van der Waals surface area contributed by atoms with Crippen molar-refractivity contribution in [2.75, 3.05) is 7.11 Å². The summed E-state index contributed by atoms with van der Waals surface area (Å²) < 4.78 is 5.50. The molecule has 0 aliphatic rings. The number of methoxy groups -OCH3 is 1. The Hall–Kier alpha value is -1.08. The van der Waals surface area contributed by atoms with Gasteiger partial charge in [-0.3, -0.25) is 0 Å². The zero-order chi connectivity index (χ0) is 10.6. The molecule has 0 aliphatic heterocycles. The number of rotatable bonds is 4. The summed E-state index contributed by atoms with van der Waals surface area (Å²) in [5.41, 5.74) is 2.37. The van der Waals surface area contributed by atoms with Gasteiger partial charge in [0, 0.05) is 13.0 Å². The van der Waals surface area contributed by atoms with Gasteiger partial charge in [0.2, 0.25) is 0 Å². The number of hydrogen-bond donors (Lipinski definition) is 0. The fraction of sp³-hybridized carbons (Fsp3) is 0.385. The molecule has 14 heavy (non-hydrogen) atoms. The molecule has 0 aliphatic carbocycles. The molecule has 0 saturated heterocycles. The van der Waals surface area contributed by atoms with Crippen LogP contribution in [0.4, 0.5) is 0 Å². The normalized spacial score (nSPS) is 14.8. The van der Waals surface area contributed by atoms with Gasteiger partial charge in [0.15, 0.2) is 0 Å². The maximum Gasteiger partial charge on any atom is 0.0883 e. The third kappa shape index (κ3) is 2.46. The van der Waals surface area contributed by atoms with Crippen molar-refractivity contribution in [1.29, 1.82) is 0 Å². The molecule has 1 aromatic carbocycles. The van der Waals surface area contributed by atoms with Crippen molar-refractivity contribution in [1.82, 2.24) is 0 Å². The lowest BCUT2D eigenvalue weighted by molar-refractivity contribution is 0.0706. The zero-order valence-electron chi connectivity index (χ0n) is 9.16. The predicted octanol–water partition coefficient (Wildman–Crippen LogP) is 3.59. The van der Waals surface area contributed by atoms with E-state index in [1.165, 1.54) is 5.56 Å². The van der Waals surface area contributed by atoms with Crippen molar-refractivity contribution in [3.8, 4) is 0 Å². The highest BCUT2D eigenvalue weighted by atomic mass is 16.5. The Kier molecular flexibility index (Phi) is 3.90. The molecule has 1 aromatic rings. The molecule has 2 atom stereocenters. The SMILES string of the molecule is C=C(C)[C@H](C)[C@H](OC)c1ccccc1. The zero-order valence-corrected chi connectivity index (χ0v) is 9.16. The lowest BCUT2D eigenvalue weighted by Gasteiger charge is -2.23. The highest BCUT2D eigenvalue weighted by Crippen LogP contribution is 2.29. The Morgan fingerprint density at radius 2 is 1.86 bits per heavy atom.